The molecule has 0 saturated carbocycles. The number of aliphatic carboxylic acids is 1. The van der Waals surface area contributed by atoms with Crippen LogP contribution in [0.2, 0.25) is 20.1 Å². The van der Waals surface area contributed by atoms with Crippen LogP contribution in [0.1, 0.15) is 173 Å². The molecule has 14 aromatic rings. The van der Waals surface area contributed by atoms with Crippen molar-refractivity contribution in [1.82, 2.24) is 34.9 Å². The lowest BCUT2D eigenvalue weighted by Crippen LogP contribution is -2.41. The fourth-order valence-electron chi connectivity index (χ4n) is 14.4. The lowest BCUT2D eigenvalue weighted by atomic mass is 9.78. The SMILES string of the molecule is C.C.CCc1cc2cc(-c3ccc4c(c3)C(=O)N(C)C4=O)cc(Cl)c2o1.CCc1cc2cc(B3OC(C)(C)C(C)(C)O3)cc(Cl)c2o1.CN1C(=O)c2ccc(-c3cc(Cl)c4oc(CN)cc4c3)cc2C1=O.CN1C(=O)c2ccc(-c3cc(Cl)c4oc(CNC(=O)/C=C/c5ccc(N)nc5)cc4c3)cc2C1=O.CN1C(=O)c2ccc(Br)cc2C1=O.ClCCl.Nc1ccc(/C=C/C(=O)O)cn1. The Labute approximate surface area is 809 Å². The van der Waals surface area contributed by atoms with Crippen LogP contribution in [0.3, 0.4) is 0 Å². The molecule has 1 saturated heterocycles. The summed E-state index contributed by atoms with van der Waals surface area (Å²) in [6.07, 6.45) is 10.3. The van der Waals surface area contributed by atoms with Gasteiger partial charge in [0.25, 0.3) is 47.3 Å². The van der Waals surface area contributed by atoms with Crippen molar-refractivity contribution >= 4 is 225 Å². The molecule has 1 fully saturated rings. The van der Waals surface area contributed by atoms with E-state index >= 15 is 0 Å². The molecule has 19 rings (SSSR count). The van der Waals surface area contributed by atoms with E-state index in [1.165, 1.54) is 46.5 Å². The van der Waals surface area contributed by atoms with Gasteiger partial charge < -0.3 is 54.6 Å². The number of furan rings is 4. The number of alkyl halides is 2. The molecule has 5 aliphatic rings. The van der Waals surface area contributed by atoms with E-state index < -0.39 is 13.1 Å². The fraction of sp³-hybridized carbons (Fsp3) is 0.192. The number of aryl methyl sites for hydroxylation is 2. The van der Waals surface area contributed by atoms with Crippen LogP contribution in [0.25, 0.3) is 89.4 Å². The number of nitrogen functional groups attached to an aromatic ring is 2. The Balaban J connectivity index is 0.000000158. The standard InChI is InChI=1S/C26H19ClN4O4.C19H14ClNO3.C18H13ClN2O3.C16H20BClO3.C9H6BrNO2.C8H8N2O2.CH2Cl2.2CH4/c1-31-25(33)19-5-4-15(10-20(19)26(31)34)16-8-17-9-18(35-24(17)21(27)11-16)13-30-23(32)7-3-14-2-6-22(28)29-12-14;1-3-13-7-12-6-11(9-16(20)17(12)24-13)10-4-5-14-15(8-10)19(23)21(2)18(14)22;1-21-17(22)13-3-2-9(6-14(13)18(21)23)10-4-11-5-12(8-20)24-16(11)15(19)7-10;1-6-12-8-10-7-11(9-13(18)14(10)19-12)17-20-15(2,3)16(4,5)21-17;1-11-8(12)6-3-2-5(10)4-7(6)9(11)13;9-7-3-1-6(5-10-7)2-4-8(11)12;2-1-3;;/h2-12H,13H2,1H3,(H2,28,29)(H,30,32);4-9H,3H2,1-2H3;2-7H,8,20H2,1H3;7-9H,6H2,1-5H3;2-4H,1H3;1-5H,(H2,9,10)(H,11,12);1H2;2*1H4/b7-3+;;;;;4-2+;;;. The van der Waals surface area contributed by atoms with Crippen molar-refractivity contribution in [2.75, 3.05) is 45.0 Å². The Morgan fingerprint density at radius 3 is 1.11 bits per heavy atom. The largest absolute Gasteiger partial charge is 0.494 e. The second-order valence-corrected chi connectivity index (χ2v) is 34.8. The van der Waals surface area contributed by atoms with E-state index in [4.69, 9.17) is 119 Å². The first-order valence-corrected chi connectivity index (χ1v) is 44.0. The molecule has 27 nitrogen and oxygen atoms in total. The summed E-state index contributed by atoms with van der Waals surface area (Å²) in [5, 5.41) is 16.8. The van der Waals surface area contributed by atoms with Gasteiger partial charge in [-0.25, -0.2) is 14.8 Å². The number of hydrogen-bond donors (Lipinski definition) is 5. The second-order valence-electron chi connectivity index (χ2n) is 31.4. The highest BCUT2D eigenvalue weighted by Crippen LogP contribution is 2.42. The number of benzene rings is 8. The Morgan fingerprint density at radius 1 is 0.433 bits per heavy atom. The van der Waals surface area contributed by atoms with Crippen molar-refractivity contribution in [2.24, 2.45) is 5.73 Å². The maximum Gasteiger partial charge on any atom is 0.494 e. The van der Waals surface area contributed by atoms with E-state index in [0.29, 0.717) is 117 Å². The highest BCUT2D eigenvalue weighted by molar-refractivity contribution is 9.10. The predicted octanol–water partition coefficient (Wildman–Crippen LogP) is 21.3. The van der Waals surface area contributed by atoms with E-state index in [0.717, 1.165) is 126 Å². The van der Waals surface area contributed by atoms with Gasteiger partial charge in [0.2, 0.25) is 5.91 Å². The zero-order valence-electron chi connectivity index (χ0n) is 72.3. The summed E-state index contributed by atoms with van der Waals surface area (Å²) in [5.74, 6) is 0.317. The van der Waals surface area contributed by atoms with E-state index in [9.17, 15) is 47.9 Å². The van der Waals surface area contributed by atoms with Gasteiger partial charge in [0.15, 0.2) is 22.3 Å². The van der Waals surface area contributed by atoms with Crippen LogP contribution in [0.5, 0.6) is 0 Å². The molecule has 0 atom stereocenters. The first-order chi connectivity index (χ1) is 62.7. The first kappa shape index (κ1) is 101. The lowest BCUT2D eigenvalue weighted by Gasteiger charge is -2.32. The summed E-state index contributed by atoms with van der Waals surface area (Å²) in [4.78, 5) is 130. The minimum Gasteiger partial charge on any atom is -0.478 e. The maximum atomic E-state index is 12.4. The Hall–Kier alpha value is -13.0. The van der Waals surface area contributed by atoms with E-state index in [1.807, 2.05) is 101 Å². The predicted molar refractivity (Wildman–Crippen MR) is 528 cm³/mol. The third kappa shape index (κ3) is 21.9. The fourth-order valence-corrected chi connectivity index (χ4v) is 15.8. The summed E-state index contributed by atoms with van der Waals surface area (Å²) in [6, 6.07) is 50.1. The van der Waals surface area contributed by atoms with Crippen molar-refractivity contribution in [2.45, 2.75) is 93.5 Å². The summed E-state index contributed by atoms with van der Waals surface area (Å²) in [5.41, 5.74) is 29.0. The number of amides is 9. The molecular weight excluding hydrogens is 1900 g/mol. The molecule has 0 spiro atoms. The van der Waals surface area contributed by atoms with Gasteiger partial charge in [-0.1, -0.05) is 115 Å². The minimum atomic E-state index is -0.980. The number of carbonyl (C=O) groups is 10. The third-order valence-corrected chi connectivity index (χ3v) is 23.8. The summed E-state index contributed by atoms with van der Waals surface area (Å²) in [6.45, 7) is 12.7. The Kier molecular flexibility index (Phi) is 32.2. The quantitative estimate of drug-likeness (QED) is 0.0310. The van der Waals surface area contributed by atoms with Crippen molar-refractivity contribution in [3.63, 3.8) is 0 Å². The van der Waals surface area contributed by atoms with Gasteiger partial charge in [-0.05, 0) is 235 Å². The van der Waals surface area contributed by atoms with Gasteiger partial charge in [0, 0.05) is 91.6 Å². The van der Waals surface area contributed by atoms with Crippen LogP contribution in [-0.2, 0) is 44.8 Å². The number of nitrogens with two attached hydrogens (primary N) is 3. The number of rotatable bonds is 13. The van der Waals surface area contributed by atoms with E-state index in [1.54, 1.807) is 115 Å². The number of carboxylic acids is 1. The third-order valence-electron chi connectivity index (χ3n) is 22.2. The number of halogens is 7. The van der Waals surface area contributed by atoms with Gasteiger partial charge in [0.05, 0.1) is 94.2 Å². The summed E-state index contributed by atoms with van der Waals surface area (Å²) < 4.78 is 35.8. The molecule has 8 aromatic carbocycles. The summed E-state index contributed by atoms with van der Waals surface area (Å²) in [7, 11) is 5.51. The maximum absolute atomic E-state index is 12.4. The number of pyridine rings is 2. The number of imide groups is 4. The van der Waals surface area contributed by atoms with Crippen LogP contribution >= 0.6 is 85.5 Å². The highest BCUT2D eigenvalue weighted by atomic mass is 79.9. The average Bonchev–Trinajstić information content (AvgIpc) is 1.61. The molecule has 9 amide bonds. The van der Waals surface area contributed by atoms with Gasteiger partial charge in [-0.15, -0.1) is 23.2 Å². The molecule has 35 heteroatoms. The second kappa shape index (κ2) is 42.5. The number of hydrogen-bond acceptors (Lipinski definition) is 21. The van der Waals surface area contributed by atoms with Crippen LogP contribution < -0.4 is 28.0 Å². The number of carboxylic acid groups (broad SMARTS) is 1. The summed E-state index contributed by atoms with van der Waals surface area (Å²) >= 11 is 38.3. The number of nitrogens with zero attached hydrogens (tertiary/aromatic N) is 6. The molecule has 8 N–H and O–H groups in total. The monoisotopic (exact) mass is 1990 g/mol. The minimum absolute atomic E-state index is 0. The van der Waals surface area contributed by atoms with Crippen molar-refractivity contribution in [3.8, 4) is 33.4 Å². The zero-order chi connectivity index (χ0) is 95.4. The Morgan fingerprint density at radius 2 is 0.754 bits per heavy atom. The molecule has 0 radical (unpaired) electrons. The highest BCUT2D eigenvalue weighted by Gasteiger charge is 2.52. The topological polar surface area (TPSA) is 391 Å². The molecule has 0 bridgehead atoms. The molecular formula is C99H90BBrCl6N10O17. The van der Waals surface area contributed by atoms with Crippen molar-refractivity contribution in [3.05, 3.63) is 298 Å². The van der Waals surface area contributed by atoms with Crippen LogP contribution in [0.15, 0.2) is 217 Å². The van der Waals surface area contributed by atoms with Gasteiger partial charge in [0.1, 0.15) is 34.7 Å². The van der Waals surface area contributed by atoms with Crippen LogP contribution in [0.4, 0.5) is 11.6 Å². The number of carbonyl (C=O) groups excluding carboxylic acids is 9. The molecule has 0 unspecified atom stereocenters. The normalized spacial score (nSPS) is 14.1. The Bertz CT molecular complexity index is 6890. The zero-order valence-corrected chi connectivity index (χ0v) is 78.4. The van der Waals surface area contributed by atoms with Crippen molar-refractivity contribution < 1.29 is 80.0 Å². The van der Waals surface area contributed by atoms with Crippen LogP contribution in [0, 0.1) is 0 Å². The number of anilines is 2. The first-order valence-electron chi connectivity index (χ1n) is 40.6. The molecule has 5 aliphatic heterocycles. The molecule has 6 aromatic heterocycles. The van der Waals surface area contributed by atoms with Gasteiger partial charge >= 0.3 is 13.1 Å². The molecule has 134 heavy (non-hydrogen) atoms. The average molecular weight is 2000 g/mol. The molecule has 11 heterocycles. The van der Waals surface area contributed by atoms with Gasteiger partial charge in [-0.2, -0.15) is 0 Å². The van der Waals surface area contributed by atoms with Crippen molar-refractivity contribution in [1.29, 1.82) is 0 Å². The van der Waals surface area contributed by atoms with E-state index in [-0.39, 0.29) is 91.1 Å². The number of nitrogens with one attached hydrogen (secondary N) is 1. The molecule has 690 valence electrons. The van der Waals surface area contributed by atoms with E-state index in [2.05, 4.69) is 38.1 Å². The smallest absolute Gasteiger partial charge is 0.478 e. The molecule has 0 aliphatic carbocycles. The van der Waals surface area contributed by atoms with Crippen LogP contribution in [-0.4, -0.2) is 146 Å². The lowest BCUT2D eigenvalue weighted by molar-refractivity contribution is -0.131. The number of aromatic nitrogens is 2. The number of fused-ring (bicyclic) bond motifs is 8. The van der Waals surface area contributed by atoms with Gasteiger partial charge in [-0.3, -0.25) is 62.8 Å².